The molecule has 4 rings (SSSR count). The summed E-state index contributed by atoms with van der Waals surface area (Å²) in [6.45, 7) is 0. The van der Waals surface area contributed by atoms with Crippen molar-refractivity contribution in [3.63, 3.8) is 0 Å². The number of hydrogen-bond acceptors (Lipinski definition) is 5. The number of furan rings is 1. The van der Waals surface area contributed by atoms with Gasteiger partial charge in [0.1, 0.15) is 23.2 Å². The molecule has 32 heavy (non-hydrogen) atoms. The first-order chi connectivity index (χ1) is 15.5. The number of benzene rings is 2. The zero-order valence-electron chi connectivity index (χ0n) is 16.5. The molecule has 0 aliphatic rings. The van der Waals surface area contributed by atoms with E-state index < -0.39 is 5.91 Å². The fourth-order valence-electron chi connectivity index (χ4n) is 2.99. The average Bonchev–Trinajstić information content (AvgIpc) is 3.42. The van der Waals surface area contributed by atoms with Crippen LogP contribution in [0.2, 0.25) is 10.0 Å². The number of nitrogens with one attached hydrogen (secondary N) is 1. The van der Waals surface area contributed by atoms with Crippen LogP contribution in [0.4, 0.5) is 5.13 Å². The molecule has 2 heterocycles. The van der Waals surface area contributed by atoms with Crippen LogP contribution in [0.1, 0.15) is 16.2 Å². The summed E-state index contributed by atoms with van der Waals surface area (Å²) in [5, 5.41) is 13.7. The fraction of sp³-hybridized carbons (Fsp3) is 0.0417. The second-order valence-corrected chi connectivity index (χ2v) is 8.70. The monoisotopic (exact) mass is 479 g/mol. The van der Waals surface area contributed by atoms with Crippen molar-refractivity contribution in [2.45, 2.75) is 6.42 Å². The first kappa shape index (κ1) is 21.8. The predicted molar refractivity (Wildman–Crippen MR) is 128 cm³/mol. The summed E-state index contributed by atoms with van der Waals surface area (Å²) in [6.07, 6.45) is 3.72. The third-order valence-electron chi connectivity index (χ3n) is 4.46. The van der Waals surface area contributed by atoms with Gasteiger partial charge in [-0.1, -0.05) is 47.5 Å². The van der Waals surface area contributed by atoms with Crippen LogP contribution in [0.25, 0.3) is 17.4 Å². The van der Waals surface area contributed by atoms with Crippen LogP contribution in [0.5, 0.6) is 0 Å². The van der Waals surface area contributed by atoms with Gasteiger partial charge in [0.2, 0.25) is 0 Å². The van der Waals surface area contributed by atoms with Gasteiger partial charge >= 0.3 is 0 Å². The molecule has 5 nitrogen and oxygen atoms in total. The van der Waals surface area contributed by atoms with Crippen LogP contribution in [-0.4, -0.2) is 10.9 Å². The van der Waals surface area contributed by atoms with Gasteiger partial charge in [-0.15, -0.1) is 11.3 Å². The Morgan fingerprint density at radius 2 is 2.00 bits per heavy atom. The SMILES string of the molecule is N#CC(=Cc1ccc(-c2ccccc2Cl)o1)C(=O)Nc1ncc(Cc2cccc(Cl)c2)s1. The molecule has 2 aromatic heterocycles. The fourth-order valence-corrected chi connectivity index (χ4v) is 4.27. The molecule has 1 N–H and O–H groups in total. The van der Waals surface area contributed by atoms with Crippen molar-refractivity contribution in [2.24, 2.45) is 0 Å². The maximum atomic E-state index is 12.6. The lowest BCUT2D eigenvalue weighted by atomic mass is 10.1. The molecule has 0 aliphatic carbocycles. The molecule has 0 bridgehead atoms. The first-order valence-corrected chi connectivity index (χ1v) is 11.1. The normalized spacial score (nSPS) is 11.2. The molecule has 0 fully saturated rings. The van der Waals surface area contributed by atoms with Crippen molar-refractivity contribution < 1.29 is 9.21 Å². The molecular weight excluding hydrogens is 465 g/mol. The average molecular weight is 480 g/mol. The van der Waals surface area contributed by atoms with E-state index in [0.717, 1.165) is 16.0 Å². The van der Waals surface area contributed by atoms with Crippen LogP contribution in [0.15, 0.2) is 76.9 Å². The summed E-state index contributed by atoms with van der Waals surface area (Å²) < 4.78 is 5.75. The minimum atomic E-state index is -0.563. The maximum Gasteiger partial charge on any atom is 0.268 e. The molecule has 1 amide bonds. The summed E-state index contributed by atoms with van der Waals surface area (Å²) in [4.78, 5) is 17.8. The summed E-state index contributed by atoms with van der Waals surface area (Å²) >= 11 is 13.6. The summed E-state index contributed by atoms with van der Waals surface area (Å²) in [6, 6.07) is 20.1. The van der Waals surface area contributed by atoms with Crippen LogP contribution >= 0.6 is 34.5 Å². The molecular formula is C24H15Cl2N3O2S. The molecule has 0 saturated carbocycles. The van der Waals surface area contributed by atoms with E-state index in [1.807, 2.05) is 48.5 Å². The number of anilines is 1. The largest absolute Gasteiger partial charge is 0.457 e. The van der Waals surface area contributed by atoms with Gasteiger partial charge in [-0.05, 0) is 42.0 Å². The second-order valence-electron chi connectivity index (χ2n) is 6.74. The van der Waals surface area contributed by atoms with Crippen molar-refractivity contribution in [1.82, 2.24) is 4.98 Å². The van der Waals surface area contributed by atoms with Crippen LogP contribution in [-0.2, 0) is 11.2 Å². The highest BCUT2D eigenvalue weighted by Crippen LogP contribution is 2.30. The van der Waals surface area contributed by atoms with Crippen LogP contribution < -0.4 is 5.32 Å². The predicted octanol–water partition coefficient (Wildman–Crippen LogP) is 6.85. The molecule has 0 unspecified atom stereocenters. The number of amides is 1. The first-order valence-electron chi connectivity index (χ1n) is 9.49. The van der Waals surface area contributed by atoms with Gasteiger partial charge in [0.05, 0.1) is 5.02 Å². The number of carbonyl (C=O) groups is 1. The van der Waals surface area contributed by atoms with E-state index in [2.05, 4.69) is 10.3 Å². The van der Waals surface area contributed by atoms with E-state index >= 15 is 0 Å². The lowest BCUT2D eigenvalue weighted by molar-refractivity contribution is -0.112. The molecule has 158 valence electrons. The Hall–Kier alpha value is -3.37. The van der Waals surface area contributed by atoms with Crippen LogP contribution in [0, 0.1) is 11.3 Å². The van der Waals surface area contributed by atoms with Gasteiger partial charge in [-0.25, -0.2) is 4.98 Å². The van der Waals surface area contributed by atoms with E-state index in [1.165, 1.54) is 17.4 Å². The number of hydrogen-bond donors (Lipinski definition) is 1. The summed E-state index contributed by atoms with van der Waals surface area (Å²) in [7, 11) is 0. The zero-order valence-corrected chi connectivity index (χ0v) is 18.8. The molecule has 0 spiro atoms. The van der Waals surface area contributed by atoms with E-state index in [-0.39, 0.29) is 5.57 Å². The lowest BCUT2D eigenvalue weighted by Gasteiger charge is -2.00. The number of rotatable bonds is 6. The molecule has 0 saturated heterocycles. The third kappa shape index (κ3) is 5.27. The number of aromatic nitrogens is 1. The number of halogens is 2. The summed E-state index contributed by atoms with van der Waals surface area (Å²) in [5.74, 6) is 0.351. The minimum absolute atomic E-state index is 0.100. The van der Waals surface area contributed by atoms with Gasteiger partial charge in [0, 0.05) is 34.2 Å². The Kier molecular flexibility index (Phi) is 6.72. The molecule has 0 radical (unpaired) electrons. The standard InChI is InChI=1S/C24H15Cl2N3O2S/c25-17-5-3-4-15(10-17)11-19-14-28-24(32-19)29-23(30)16(13-27)12-18-8-9-22(31-18)20-6-1-2-7-21(20)26/h1-10,12,14H,11H2,(H,28,29,30). The lowest BCUT2D eigenvalue weighted by Crippen LogP contribution is -2.13. The quantitative estimate of drug-likeness (QED) is 0.242. The molecule has 0 atom stereocenters. The highest BCUT2D eigenvalue weighted by atomic mass is 35.5. The smallest absolute Gasteiger partial charge is 0.268 e. The van der Waals surface area contributed by atoms with Crippen molar-refractivity contribution >= 4 is 51.7 Å². The number of thiazole rings is 1. The topological polar surface area (TPSA) is 78.9 Å². The molecule has 8 heteroatoms. The second kappa shape index (κ2) is 9.84. The Bertz CT molecular complexity index is 1350. The van der Waals surface area contributed by atoms with Gasteiger partial charge in [0.25, 0.3) is 5.91 Å². The highest BCUT2D eigenvalue weighted by Gasteiger charge is 2.14. The third-order valence-corrected chi connectivity index (χ3v) is 5.94. The highest BCUT2D eigenvalue weighted by molar-refractivity contribution is 7.15. The number of nitriles is 1. The van der Waals surface area contributed by atoms with Crippen molar-refractivity contribution in [2.75, 3.05) is 5.32 Å². The molecule has 4 aromatic rings. The van der Waals surface area contributed by atoms with Crippen molar-refractivity contribution in [1.29, 1.82) is 5.26 Å². The Morgan fingerprint density at radius 3 is 2.78 bits per heavy atom. The van der Waals surface area contributed by atoms with E-state index in [4.69, 9.17) is 27.6 Å². The van der Waals surface area contributed by atoms with Gasteiger partial charge in [-0.3, -0.25) is 10.1 Å². The van der Waals surface area contributed by atoms with E-state index in [0.29, 0.717) is 33.1 Å². The summed E-state index contributed by atoms with van der Waals surface area (Å²) in [5.41, 5.74) is 1.67. The number of carbonyl (C=O) groups excluding carboxylic acids is 1. The maximum absolute atomic E-state index is 12.6. The Balaban J connectivity index is 1.46. The van der Waals surface area contributed by atoms with E-state index in [9.17, 15) is 10.1 Å². The number of nitrogens with zero attached hydrogens (tertiary/aromatic N) is 2. The Morgan fingerprint density at radius 1 is 1.16 bits per heavy atom. The zero-order chi connectivity index (χ0) is 22.5. The minimum Gasteiger partial charge on any atom is -0.457 e. The van der Waals surface area contributed by atoms with Crippen molar-refractivity contribution in [3.8, 4) is 17.4 Å². The van der Waals surface area contributed by atoms with Gasteiger partial charge in [0.15, 0.2) is 5.13 Å². The van der Waals surface area contributed by atoms with E-state index in [1.54, 1.807) is 24.4 Å². The Labute approximate surface area is 198 Å². The van der Waals surface area contributed by atoms with Crippen molar-refractivity contribution in [3.05, 3.63) is 98.7 Å². The molecule has 0 aliphatic heterocycles. The molecule has 2 aromatic carbocycles. The van der Waals surface area contributed by atoms with Gasteiger partial charge in [-0.2, -0.15) is 5.26 Å². The van der Waals surface area contributed by atoms with Gasteiger partial charge < -0.3 is 4.42 Å². The van der Waals surface area contributed by atoms with Crippen LogP contribution in [0.3, 0.4) is 0 Å².